The number of nitrogens with zero attached hydrogens (tertiary/aromatic N) is 2. The van der Waals surface area contributed by atoms with E-state index in [1.807, 2.05) is 12.3 Å². The van der Waals surface area contributed by atoms with Gasteiger partial charge in [-0.2, -0.15) is 0 Å². The van der Waals surface area contributed by atoms with Crippen LogP contribution >= 0.6 is 0 Å². The minimum absolute atomic E-state index is 0.684. The summed E-state index contributed by atoms with van der Waals surface area (Å²) in [6.45, 7) is 6.49. The van der Waals surface area contributed by atoms with E-state index < -0.39 is 0 Å². The Morgan fingerprint density at radius 2 is 2.28 bits per heavy atom. The monoisotopic (exact) mass is 247 g/mol. The van der Waals surface area contributed by atoms with Crippen LogP contribution in [0.5, 0.6) is 0 Å². The summed E-state index contributed by atoms with van der Waals surface area (Å²) in [5.41, 5.74) is 1.31. The third-order valence-corrected chi connectivity index (χ3v) is 3.85. The summed E-state index contributed by atoms with van der Waals surface area (Å²) in [6.07, 6.45) is 5.80. The fourth-order valence-electron chi connectivity index (χ4n) is 2.32. The molecule has 1 unspecified atom stereocenters. The summed E-state index contributed by atoms with van der Waals surface area (Å²) in [4.78, 5) is 6.90. The zero-order valence-corrected chi connectivity index (χ0v) is 11.8. The zero-order chi connectivity index (χ0) is 13.0. The van der Waals surface area contributed by atoms with Crippen LogP contribution in [-0.2, 0) is 6.54 Å². The predicted molar refractivity (Wildman–Crippen MR) is 76.7 cm³/mol. The van der Waals surface area contributed by atoms with Gasteiger partial charge in [0.25, 0.3) is 0 Å². The van der Waals surface area contributed by atoms with Gasteiger partial charge in [0.1, 0.15) is 5.82 Å². The Balaban J connectivity index is 1.98. The molecule has 1 aliphatic carbocycles. The lowest BCUT2D eigenvalue weighted by molar-refractivity contribution is 0.226. The molecule has 0 bridgehead atoms. The quantitative estimate of drug-likeness (QED) is 0.802. The standard InChI is InChI=1S/C15H25N3/c1-4-9-16-15-14(6-5-10-17-15)11-18(3)12(2)13-7-8-13/h5-6,10,12-13H,4,7-9,11H2,1-3H3,(H,16,17). The van der Waals surface area contributed by atoms with Gasteiger partial charge in [0.2, 0.25) is 0 Å². The minimum atomic E-state index is 0.684. The van der Waals surface area contributed by atoms with Crippen LogP contribution in [0.3, 0.4) is 0 Å². The fourth-order valence-corrected chi connectivity index (χ4v) is 2.32. The smallest absolute Gasteiger partial charge is 0.130 e. The molecule has 0 radical (unpaired) electrons. The van der Waals surface area contributed by atoms with Crippen molar-refractivity contribution in [3.8, 4) is 0 Å². The molecule has 100 valence electrons. The SMILES string of the molecule is CCCNc1ncccc1CN(C)C(C)C1CC1. The van der Waals surface area contributed by atoms with Crippen LogP contribution in [0.15, 0.2) is 18.3 Å². The van der Waals surface area contributed by atoms with Crippen LogP contribution in [0, 0.1) is 5.92 Å². The number of nitrogens with one attached hydrogen (secondary N) is 1. The van der Waals surface area contributed by atoms with Crippen molar-refractivity contribution in [1.29, 1.82) is 0 Å². The van der Waals surface area contributed by atoms with E-state index in [0.29, 0.717) is 6.04 Å². The zero-order valence-electron chi connectivity index (χ0n) is 11.8. The number of anilines is 1. The molecule has 0 aliphatic heterocycles. The molecule has 0 amide bonds. The van der Waals surface area contributed by atoms with Crippen molar-refractivity contribution >= 4 is 5.82 Å². The Hall–Kier alpha value is -1.09. The maximum absolute atomic E-state index is 4.45. The Morgan fingerprint density at radius 1 is 1.50 bits per heavy atom. The molecule has 0 aromatic carbocycles. The average Bonchev–Trinajstić information content (AvgIpc) is 3.21. The van der Waals surface area contributed by atoms with E-state index in [9.17, 15) is 0 Å². The second-order valence-electron chi connectivity index (χ2n) is 5.43. The van der Waals surface area contributed by atoms with Gasteiger partial charge in [0, 0.05) is 30.9 Å². The van der Waals surface area contributed by atoms with Crippen LogP contribution < -0.4 is 5.32 Å². The fraction of sp³-hybridized carbons (Fsp3) is 0.667. The molecule has 1 N–H and O–H groups in total. The molecule has 0 spiro atoms. The molecule has 1 heterocycles. The summed E-state index contributed by atoms with van der Waals surface area (Å²) in [7, 11) is 2.22. The molecule has 2 rings (SSSR count). The maximum atomic E-state index is 4.45. The first-order valence-corrected chi connectivity index (χ1v) is 7.10. The highest BCUT2D eigenvalue weighted by molar-refractivity contribution is 5.43. The number of rotatable bonds is 7. The minimum Gasteiger partial charge on any atom is -0.370 e. The van der Waals surface area contributed by atoms with Gasteiger partial charge in [0.15, 0.2) is 0 Å². The Morgan fingerprint density at radius 3 is 2.94 bits per heavy atom. The average molecular weight is 247 g/mol. The highest BCUT2D eigenvalue weighted by Crippen LogP contribution is 2.35. The summed E-state index contributed by atoms with van der Waals surface area (Å²) < 4.78 is 0. The molecular formula is C15H25N3. The molecule has 3 nitrogen and oxygen atoms in total. The van der Waals surface area contributed by atoms with Crippen LogP contribution in [0.25, 0.3) is 0 Å². The molecule has 1 aliphatic rings. The van der Waals surface area contributed by atoms with Gasteiger partial charge in [0.05, 0.1) is 0 Å². The van der Waals surface area contributed by atoms with Crippen molar-refractivity contribution < 1.29 is 0 Å². The van der Waals surface area contributed by atoms with Gasteiger partial charge in [-0.3, -0.25) is 4.90 Å². The van der Waals surface area contributed by atoms with Gasteiger partial charge in [-0.15, -0.1) is 0 Å². The van der Waals surface area contributed by atoms with E-state index in [0.717, 1.165) is 31.2 Å². The van der Waals surface area contributed by atoms with E-state index >= 15 is 0 Å². The molecule has 3 heteroatoms. The lowest BCUT2D eigenvalue weighted by Gasteiger charge is -2.25. The van der Waals surface area contributed by atoms with Gasteiger partial charge < -0.3 is 5.32 Å². The molecule has 1 aromatic heterocycles. The second kappa shape index (κ2) is 6.19. The van der Waals surface area contributed by atoms with Gasteiger partial charge in [-0.1, -0.05) is 13.0 Å². The van der Waals surface area contributed by atoms with Gasteiger partial charge in [-0.05, 0) is 45.2 Å². The van der Waals surface area contributed by atoms with Crippen LogP contribution in [0.4, 0.5) is 5.82 Å². The maximum Gasteiger partial charge on any atom is 0.130 e. The molecule has 1 fully saturated rings. The van der Waals surface area contributed by atoms with Crippen molar-refractivity contribution in [2.45, 2.75) is 45.7 Å². The lowest BCUT2D eigenvalue weighted by Crippen LogP contribution is -2.30. The molecule has 1 atom stereocenters. The Labute approximate surface area is 111 Å². The van der Waals surface area contributed by atoms with E-state index in [-0.39, 0.29) is 0 Å². The van der Waals surface area contributed by atoms with Gasteiger partial charge >= 0.3 is 0 Å². The van der Waals surface area contributed by atoms with Crippen molar-refractivity contribution in [1.82, 2.24) is 9.88 Å². The first-order valence-electron chi connectivity index (χ1n) is 7.10. The van der Waals surface area contributed by atoms with E-state index in [4.69, 9.17) is 0 Å². The third-order valence-electron chi connectivity index (χ3n) is 3.85. The summed E-state index contributed by atoms with van der Waals surface area (Å²) in [5, 5.41) is 3.41. The summed E-state index contributed by atoms with van der Waals surface area (Å²) in [5.74, 6) is 1.97. The predicted octanol–water partition coefficient (Wildman–Crippen LogP) is 3.13. The van der Waals surface area contributed by atoms with Crippen LogP contribution in [0.1, 0.15) is 38.7 Å². The molecular weight excluding hydrogens is 222 g/mol. The van der Waals surface area contributed by atoms with E-state index in [1.165, 1.54) is 18.4 Å². The topological polar surface area (TPSA) is 28.2 Å². The molecule has 18 heavy (non-hydrogen) atoms. The number of aromatic nitrogens is 1. The Kier molecular flexibility index (Phi) is 4.59. The largest absolute Gasteiger partial charge is 0.370 e. The summed E-state index contributed by atoms with van der Waals surface area (Å²) >= 11 is 0. The first kappa shape index (κ1) is 13.3. The summed E-state index contributed by atoms with van der Waals surface area (Å²) in [6, 6.07) is 4.90. The van der Waals surface area contributed by atoms with Crippen molar-refractivity contribution in [3.63, 3.8) is 0 Å². The van der Waals surface area contributed by atoms with Crippen molar-refractivity contribution in [2.24, 2.45) is 5.92 Å². The van der Waals surface area contributed by atoms with Crippen molar-refractivity contribution in [2.75, 3.05) is 18.9 Å². The molecule has 0 saturated heterocycles. The Bertz CT molecular complexity index is 374. The van der Waals surface area contributed by atoms with E-state index in [2.05, 4.69) is 42.2 Å². The lowest BCUT2D eigenvalue weighted by atomic mass is 10.1. The van der Waals surface area contributed by atoms with Crippen molar-refractivity contribution in [3.05, 3.63) is 23.9 Å². The number of pyridine rings is 1. The highest BCUT2D eigenvalue weighted by atomic mass is 15.1. The molecule has 1 saturated carbocycles. The second-order valence-corrected chi connectivity index (χ2v) is 5.43. The van der Waals surface area contributed by atoms with E-state index in [1.54, 1.807) is 0 Å². The van der Waals surface area contributed by atoms with Crippen LogP contribution in [0.2, 0.25) is 0 Å². The first-order chi connectivity index (χ1) is 8.72. The molecule has 1 aromatic rings. The highest BCUT2D eigenvalue weighted by Gasteiger charge is 2.30. The third kappa shape index (κ3) is 3.45. The number of hydrogen-bond acceptors (Lipinski definition) is 3. The number of hydrogen-bond donors (Lipinski definition) is 1. The van der Waals surface area contributed by atoms with Crippen LogP contribution in [-0.4, -0.2) is 29.5 Å². The van der Waals surface area contributed by atoms with Gasteiger partial charge in [-0.25, -0.2) is 4.98 Å². The normalized spacial score (nSPS) is 16.9.